The average molecular weight is 737 g/mol. The molecule has 1 unspecified atom stereocenters. The maximum absolute atomic E-state index is 11.7. The SMILES string of the molecule is CCCCCCCCCCCCCCC(CCCCCCCC)C(=O)O.CCCCCCCCCCCCCCCC(=O)OCCCCCCCC. The highest BCUT2D eigenvalue weighted by molar-refractivity contribution is 5.69. The molecule has 0 aliphatic heterocycles. The molecular weight excluding hydrogens is 641 g/mol. The zero-order valence-corrected chi connectivity index (χ0v) is 36.2. The molecule has 0 saturated carbocycles. The Morgan fingerprint density at radius 1 is 0.365 bits per heavy atom. The van der Waals surface area contributed by atoms with Gasteiger partial charge in [0.05, 0.1) is 12.5 Å². The molecule has 4 heteroatoms. The predicted molar refractivity (Wildman–Crippen MR) is 229 cm³/mol. The zero-order valence-electron chi connectivity index (χ0n) is 36.2. The molecule has 0 heterocycles. The number of carboxylic acids is 1. The van der Waals surface area contributed by atoms with Crippen molar-refractivity contribution in [1.29, 1.82) is 0 Å². The number of hydrogen-bond donors (Lipinski definition) is 1. The lowest BCUT2D eigenvalue weighted by Gasteiger charge is -2.12. The smallest absolute Gasteiger partial charge is 0.306 e. The highest BCUT2D eigenvalue weighted by Crippen LogP contribution is 2.20. The Balaban J connectivity index is 0. The van der Waals surface area contributed by atoms with E-state index in [4.69, 9.17) is 4.74 Å². The molecular formula is C48H96O4. The third-order valence-corrected chi connectivity index (χ3v) is 10.9. The number of aliphatic carboxylic acids is 1. The number of esters is 1. The predicted octanol–water partition coefficient (Wildman–Crippen LogP) is 16.9. The summed E-state index contributed by atoms with van der Waals surface area (Å²) >= 11 is 0. The van der Waals surface area contributed by atoms with Crippen molar-refractivity contribution < 1.29 is 19.4 Å². The van der Waals surface area contributed by atoms with Crippen molar-refractivity contribution >= 4 is 11.9 Å². The van der Waals surface area contributed by atoms with Crippen molar-refractivity contribution in [2.24, 2.45) is 5.92 Å². The summed E-state index contributed by atoms with van der Waals surface area (Å²) in [5, 5.41) is 9.39. The first-order chi connectivity index (χ1) is 25.5. The topological polar surface area (TPSA) is 63.6 Å². The molecule has 0 aromatic rings. The van der Waals surface area contributed by atoms with Gasteiger partial charge in [0.2, 0.25) is 0 Å². The van der Waals surface area contributed by atoms with Crippen LogP contribution in [0.1, 0.15) is 285 Å². The van der Waals surface area contributed by atoms with Crippen LogP contribution >= 0.6 is 0 Å². The summed E-state index contributed by atoms with van der Waals surface area (Å²) in [5.41, 5.74) is 0. The minimum Gasteiger partial charge on any atom is -0.481 e. The van der Waals surface area contributed by atoms with Gasteiger partial charge in [0, 0.05) is 6.42 Å². The molecule has 0 aliphatic rings. The van der Waals surface area contributed by atoms with Crippen LogP contribution in [0, 0.1) is 5.92 Å². The molecule has 1 N–H and O–H groups in total. The summed E-state index contributed by atoms with van der Waals surface area (Å²) in [4.78, 5) is 23.1. The van der Waals surface area contributed by atoms with Gasteiger partial charge in [0.25, 0.3) is 0 Å². The Morgan fingerprint density at radius 3 is 0.904 bits per heavy atom. The number of carbonyl (C=O) groups excluding carboxylic acids is 1. The standard InChI is InChI=1S/2C24H48O2/c1-3-5-7-9-11-12-13-14-15-16-17-18-20-22-24(25)26-23-21-19-10-8-6-4-2;1-3-5-7-9-11-12-13-14-15-16-18-20-22-23(24(25)26)21-19-17-10-8-6-4-2/h3-23H2,1-2H3;23H,3-22H2,1-2H3,(H,25,26). The second-order valence-corrected chi connectivity index (χ2v) is 16.3. The minimum absolute atomic E-state index is 0.0154. The maximum Gasteiger partial charge on any atom is 0.306 e. The van der Waals surface area contributed by atoms with E-state index in [1.807, 2.05) is 0 Å². The van der Waals surface area contributed by atoms with Crippen molar-refractivity contribution in [3.63, 3.8) is 0 Å². The van der Waals surface area contributed by atoms with Gasteiger partial charge >= 0.3 is 11.9 Å². The van der Waals surface area contributed by atoms with Crippen LogP contribution < -0.4 is 0 Å². The van der Waals surface area contributed by atoms with E-state index in [2.05, 4.69) is 27.7 Å². The lowest BCUT2D eigenvalue weighted by molar-refractivity contribution is -0.144. The van der Waals surface area contributed by atoms with Crippen LogP contribution in [-0.2, 0) is 14.3 Å². The highest BCUT2D eigenvalue weighted by Gasteiger charge is 2.16. The lowest BCUT2D eigenvalue weighted by atomic mass is 9.94. The van der Waals surface area contributed by atoms with Gasteiger partial charge in [-0.15, -0.1) is 0 Å². The summed E-state index contributed by atoms with van der Waals surface area (Å²) in [6.45, 7) is 9.64. The molecule has 0 spiro atoms. The first-order valence-corrected chi connectivity index (χ1v) is 23.9. The largest absolute Gasteiger partial charge is 0.481 e. The Hall–Kier alpha value is -1.06. The first kappa shape index (κ1) is 53.0. The van der Waals surface area contributed by atoms with Crippen LogP contribution in [-0.4, -0.2) is 23.7 Å². The fourth-order valence-electron chi connectivity index (χ4n) is 7.22. The van der Waals surface area contributed by atoms with Crippen molar-refractivity contribution in [2.45, 2.75) is 285 Å². The molecule has 0 bridgehead atoms. The van der Waals surface area contributed by atoms with E-state index in [9.17, 15) is 14.7 Å². The molecule has 0 aromatic heterocycles. The zero-order chi connectivity index (χ0) is 38.4. The number of carboxylic acid groups (broad SMARTS) is 1. The molecule has 4 nitrogen and oxygen atoms in total. The van der Waals surface area contributed by atoms with Crippen molar-refractivity contribution in [2.75, 3.05) is 6.61 Å². The number of ether oxygens (including phenoxy) is 1. The molecule has 0 fully saturated rings. The summed E-state index contributed by atoms with van der Waals surface area (Å²) in [7, 11) is 0. The molecule has 0 rings (SSSR count). The highest BCUT2D eigenvalue weighted by atomic mass is 16.5. The Morgan fingerprint density at radius 2 is 0.615 bits per heavy atom. The van der Waals surface area contributed by atoms with Crippen LogP contribution in [0.15, 0.2) is 0 Å². The normalized spacial score (nSPS) is 11.7. The van der Waals surface area contributed by atoms with Gasteiger partial charge in [-0.25, -0.2) is 0 Å². The van der Waals surface area contributed by atoms with Gasteiger partial charge in [-0.1, -0.05) is 252 Å². The van der Waals surface area contributed by atoms with E-state index in [-0.39, 0.29) is 11.9 Å². The number of hydrogen-bond acceptors (Lipinski definition) is 3. The second kappa shape index (κ2) is 48.0. The van der Waals surface area contributed by atoms with Crippen LogP contribution in [0.3, 0.4) is 0 Å². The average Bonchev–Trinajstić information content (AvgIpc) is 3.14. The van der Waals surface area contributed by atoms with E-state index < -0.39 is 5.97 Å². The third-order valence-electron chi connectivity index (χ3n) is 10.9. The van der Waals surface area contributed by atoms with Crippen molar-refractivity contribution in [3.8, 4) is 0 Å². The first-order valence-electron chi connectivity index (χ1n) is 23.9. The van der Waals surface area contributed by atoms with E-state index in [1.54, 1.807) is 0 Å². The molecule has 52 heavy (non-hydrogen) atoms. The summed E-state index contributed by atoms with van der Waals surface area (Å²) in [6.07, 6.45) is 50.9. The van der Waals surface area contributed by atoms with Crippen LogP contribution in [0.4, 0.5) is 0 Å². The van der Waals surface area contributed by atoms with Crippen molar-refractivity contribution in [1.82, 2.24) is 0 Å². The van der Waals surface area contributed by atoms with E-state index in [0.29, 0.717) is 13.0 Å². The summed E-state index contributed by atoms with van der Waals surface area (Å²) in [5.74, 6) is -0.646. The maximum atomic E-state index is 11.7. The monoisotopic (exact) mass is 737 g/mol. The quantitative estimate of drug-likeness (QED) is 0.0501. The van der Waals surface area contributed by atoms with E-state index >= 15 is 0 Å². The Kier molecular flexibility index (Phi) is 48.9. The molecule has 0 aromatic carbocycles. The van der Waals surface area contributed by atoms with Gasteiger partial charge in [0.1, 0.15) is 0 Å². The molecule has 0 amide bonds. The van der Waals surface area contributed by atoms with Gasteiger partial charge < -0.3 is 9.84 Å². The van der Waals surface area contributed by atoms with Gasteiger partial charge in [-0.2, -0.15) is 0 Å². The van der Waals surface area contributed by atoms with Gasteiger partial charge in [-0.05, 0) is 25.7 Å². The summed E-state index contributed by atoms with van der Waals surface area (Å²) in [6, 6.07) is 0. The molecule has 312 valence electrons. The van der Waals surface area contributed by atoms with E-state index in [1.165, 1.54) is 212 Å². The van der Waals surface area contributed by atoms with Crippen molar-refractivity contribution in [3.05, 3.63) is 0 Å². The fourth-order valence-corrected chi connectivity index (χ4v) is 7.22. The number of carbonyl (C=O) groups is 2. The molecule has 0 aliphatic carbocycles. The van der Waals surface area contributed by atoms with Crippen LogP contribution in [0.2, 0.25) is 0 Å². The molecule has 0 radical (unpaired) electrons. The lowest BCUT2D eigenvalue weighted by Crippen LogP contribution is -2.13. The van der Waals surface area contributed by atoms with E-state index in [0.717, 1.165) is 38.5 Å². The van der Waals surface area contributed by atoms with Gasteiger partial charge in [0.15, 0.2) is 0 Å². The molecule has 1 atom stereocenters. The third kappa shape index (κ3) is 47.0. The fraction of sp³-hybridized carbons (Fsp3) is 0.958. The Labute approximate surface area is 327 Å². The van der Waals surface area contributed by atoms with Crippen LogP contribution in [0.5, 0.6) is 0 Å². The number of unbranched alkanes of at least 4 members (excludes halogenated alkanes) is 33. The molecule has 0 saturated heterocycles. The second-order valence-electron chi connectivity index (χ2n) is 16.3. The minimum atomic E-state index is -0.568. The van der Waals surface area contributed by atoms with Gasteiger partial charge in [-0.3, -0.25) is 9.59 Å². The number of rotatable bonds is 42. The van der Waals surface area contributed by atoms with Crippen LogP contribution in [0.25, 0.3) is 0 Å². The Bertz CT molecular complexity index is 675. The summed E-state index contributed by atoms with van der Waals surface area (Å²) < 4.78 is 5.32.